The first-order chi connectivity index (χ1) is 14.1. The summed E-state index contributed by atoms with van der Waals surface area (Å²) in [5.41, 5.74) is 3.04. The topological polar surface area (TPSA) is 78.0 Å². The number of aryl methyl sites for hydroxylation is 2. The molecular formula is C20H17F2N3O2S3. The van der Waals surface area contributed by atoms with Gasteiger partial charge in [-0.1, -0.05) is 12.1 Å². The van der Waals surface area contributed by atoms with Crippen LogP contribution in [0.15, 0.2) is 52.1 Å². The number of thiophene rings is 2. The van der Waals surface area contributed by atoms with Crippen LogP contribution in [0.4, 0.5) is 8.78 Å². The largest absolute Gasteiger partial charge is 0.282 e. The summed E-state index contributed by atoms with van der Waals surface area (Å²) in [7, 11) is -3.87. The standard InChI is InChI=1S/C20H17F2N3O2S3/c1-11-7-15(28-9-11)17-18(20(21)22)24-25(16-8-12(2)10-29-16)19(17)13-3-5-14(6-4-13)30(23,26)27/h3-10,20H,1-2H3,(H2,23,26,27). The van der Waals surface area contributed by atoms with Gasteiger partial charge in [-0.2, -0.15) is 5.10 Å². The van der Waals surface area contributed by atoms with Gasteiger partial charge in [-0.15, -0.1) is 22.7 Å². The molecule has 0 amide bonds. The van der Waals surface area contributed by atoms with Crippen molar-refractivity contribution in [3.8, 4) is 26.7 Å². The number of primary sulfonamides is 1. The van der Waals surface area contributed by atoms with Crippen LogP contribution in [0.1, 0.15) is 23.2 Å². The first kappa shape index (κ1) is 20.9. The molecule has 4 rings (SSSR count). The van der Waals surface area contributed by atoms with Crippen LogP contribution in [0.25, 0.3) is 26.7 Å². The van der Waals surface area contributed by atoms with Gasteiger partial charge in [0.05, 0.1) is 10.6 Å². The molecule has 3 aromatic heterocycles. The number of alkyl halides is 2. The van der Waals surface area contributed by atoms with Crippen molar-refractivity contribution in [2.24, 2.45) is 5.14 Å². The van der Waals surface area contributed by atoms with Crippen molar-refractivity contribution in [2.45, 2.75) is 25.2 Å². The van der Waals surface area contributed by atoms with Crippen LogP contribution in [-0.4, -0.2) is 18.2 Å². The highest BCUT2D eigenvalue weighted by Gasteiger charge is 2.28. The maximum absolute atomic E-state index is 14.0. The number of nitrogens with two attached hydrogens (primary N) is 1. The fourth-order valence-electron chi connectivity index (χ4n) is 3.15. The van der Waals surface area contributed by atoms with Crippen molar-refractivity contribution in [3.05, 3.63) is 64.0 Å². The van der Waals surface area contributed by atoms with Crippen LogP contribution in [0, 0.1) is 13.8 Å². The first-order valence-electron chi connectivity index (χ1n) is 8.80. The van der Waals surface area contributed by atoms with Crippen LogP contribution < -0.4 is 5.14 Å². The Kier molecular flexibility index (Phi) is 5.35. The summed E-state index contributed by atoms with van der Waals surface area (Å²) in [5.74, 6) is 0. The third-order valence-corrected chi connectivity index (χ3v) is 7.49. The normalized spacial score (nSPS) is 12.1. The minimum absolute atomic E-state index is 0.0492. The minimum Gasteiger partial charge on any atom is -0.225 e. The molecule has 0 unspecified atom stereocenters. The molecule has 4 aromatic rings. The molecule has 156 valence electrons. The van der Waals surface area contributed by atoms with Gasteiger partial charge in [0.25, 0.3) is 6.43 Å². The van der Waals surface area contributed by atoms with Gasteiger partial charge in [-0.3, -0.25) is 0 Å². The summed E-state index contributed by atoms with van der Waals surface area (Å²) in [6, 6.07) is 9.58. The highest BCUT2D eigenvalue weighted by Crippen LogP contribution is 2.43. The van der Waals surface area contributed by atoms with E-state index in [-0.39, 0.29) is 10.6 Å². The zero-order valence-electron chi connectivity index (χ0n) is 16.0. The number of aromatic nitrogens is 2. The number of halogens is 2. The number of sulfonamides is 1. The Hall–Kier alpha value is -2.40. The van der Waals surface area contributed by atoms with Gasteiger partial charge in [-0.05, 0) is 60.0 Å². The second-order valence-electron chi connectivity index (χ2n) is 6.84. The molecule has 10 heteroatoms. The molecule has 0 aliphatic heterocycles. The summed E-state index contributed by atoms with van der Waals surface area (Å²) >= 11 is 2.76. The van der Waals surface area contributed by atoms with Crippen LogP contribution in [0.5, 0.6) is 0 Å². The smallest absolute Gasteiger partial charge is 0.225 e. The molecule has 2 N–H and O–H groups in total. The average Bonchev–Trinajstić information content (AvgIpc) is 3.38. The van der Waals surface area contributed by atoms with Crippen molar-refractivity contribution in [1.82, 2.24) is 9.78 Å². The lowest BCUT2D eigenvalue weighted by molar-refractivity contribution is 0.146. The Morgan fingerprint density at radius 3 is 2.17 bits per heavy atom. The van der Waals surface area contributed by atoms with Crippen molar-refractivity contribution in [3.63, 3.8) is 0 Å². The van der Waals surface area contributed by atoms with E-state index in [1.165, 1.54) is 39.5 Å². The van der Waals surface area contributed by atoms with Crippen LogP contribution in [0.2, 0.25) is 0 Å². The molecule has 0 radical (unpaired) electrons. The number of hydrogen-bond donors (Lipinski definition) is 1. The molecular weight excluding hydrogens is 448 g/mol. The Balaban J connectivity index is 2.03. The maximum atomic E-state index is 14.0. The minimum atomic E-state index is -3.87. The van der Waals surface area contributed by atoms with E-state index in [0.29, 0.717) is 26.7 Å². The molecule has 0 aliphatic carbocycles. The molecule has 1 aromatic carbocycles. The predicted octanol–water partition coefficient (Wildman–Crippen LogP) is 5.53. The van der Waals surface area contributed by atoms with Gasteiger partial charge in [0, 0.05) is 16.0 Å². The Morgan fingerprint density at radius 1 is 1.03 bits per heavy atom. The highest BCUT2D eigenvalue weighted by molar-refractivity contribution is 7.89. The van der Waals surface area contributed by atoms with Crippen LogP contribution in [0.3, 0.4) is 0 Å². The zero-order valence-corrected chi connectivity index (χ0v) is 18.4. The SMILES string of the molecule is Cc1csc(-c2c(C(F)F)nn(-c3cc(C)cs3)c2-c2ccc(S(N)(=O)=O)cc2)c1. The highest BCUT2D eigenvalue weighted by atomic mass is 32.2. The van der Waals surface area contributed by atoms with Gasteiger partial charge in [0.1, 0.15) is 10.7 Å². The summed E-state index contributed by atoms with van der Waals surface area (Å²) in [5, 5.41) is 14.0. The van der Waals surface area contributed by atoms with E-state index >= 15 is 0 Å². The van der Waals surface area contributed by atoms with Gasteiger partial charge in [-0.25, -0.2) is 27.0 Å². The summed E-state index contributed by atoms with van der Waals surface area (Å²) in [6.45, 7) is 3.82. The van der Waals surface area contributed by atoms with E-state index in [9.17, 15) is 17.2 Å². The molecule has 30 heavy (non-hydrogen) atoms. The van der Waals surface area contributed by atoms with E-state index < -0.39 is 16.4 Å². The summed E-state index contributed by atoms with van der Waals surface area (Å²) in [6.07, 6.45) is -2.77. The molecule has 0 atom stereocenters. The second kappa shape index (κ2) is 7.69. The van der Waals surface area contributed by atoms with Gasteiger partial charge in [0.15, 0.2) is 0 Å². The third kappa shape index (κ3) is 3.83. The van der Waals surface area contributed by atoms with Crippen LogP contribution in [-0.2, 0) is 10.0 Å². The quantitative estimate of drug-likeness (QED) is 0.421. The molecule has 5 nitrogen and oxygen atoms in total. The molecule has 0 saturated carbocycles. The molecule has 0 saturated heterocycles. The lowest BCUT2D eigenvalue weighted by Crippen LogP contribution is -2.11. The van der Waals surface area contributed by atoms with E-state index in [1.54, 1.807) is 12.1 Å². The van der Waals surface area contributed by atoms with Gasteiger partial charge in [0.2, 0.25) is 10.0 Å². The van der Waals surface area contributed by atoms with E-state index in [4.69, 9.17) is 5.14 Å². The first-order valence-corrected chi connectivity index (χ1v) is 12.1. The van der Waals surface area contributed by atoms with Crippen LogP contribution >= 0.6 is 22.7 Å². The lowest BCUT2D eigenvalue weighted by Gasteiger charge is -2.09. The zero-order chi connectivity index (χ0) is 21.6. The third-order valence-electron chi connectivity index (χ3n) is 4.48. The number of rotatable bonds is 5. The fourth-order valence-corrected chi connectivity index (χ4v) is 5.48. The van der Waals surface area contributed by atoms with Crippen molar-refractivity contribution < 1.29 is 17.2 Å². The number of nitrogens with zero attached hydrogens (tertiary/aromatic N) is 2. The van der Waals surface area contributed by atoms with E-state index in [0.717, 1.165) is 11.1 Å². The van der Waals surface area contributed by atoms with E-state index in [1.807, 2.05) is 36.7 Å². The van der Waals surface area contributed by atoms with Crippen molar-refractivity contribution >= 4 is 32.7 Å². The van der Waals surface area contributed by atoms with Gasteiger partial charge >= 0.3 is 0 Å². The van der Waals surface area contributed by atoms with Crippen molar-refractivity contribution in [1.29, 1.82) is 0 Å². The summed E-state index contributed by atoms with van der Waals surface area (Å²) < 4.78 is 52.8. The van der Waals surface area contributed by atoms with Gasteiger partial charge < -0.3 is 0 Å². The Bertz CT molecular complexity index is 1320. The van der Waals surface area contributed by atoms with E-state index in [2.05, 4.69) is 5.10 Å². The Morgan fingerprint density at radius 2 is 1.67 bits per heavy atom. The maximum Gasteiger partial charge on any atom is 0.282 e. The molecule has 0 fully saturated rings. The molecule has 0 bridgehead atoms. The molecule has 0 spiro atoms. The number of hydrogen-bond acceptors (Lipinski definition) is 5. The second-order valence-corrected chi connectivity index (χ2v) is 10.2. The summed E-state index contributed by atoms with van der Waals surface area (Å²) in [4.78, 5) is 0.625. The predicted molar refractivity (Wildman–Crippen MR) is 116 cm³/mol. The monoisotopic (exact) mass is 465 g/mol. The molecule has 3 heterocycles. The lowest BCUT2D eigenvalue weighted by atomic mass is 10.0. The fraction of sp³-hybridized carbons (Fsp3) is 0.150. The average molecular weight is 466 g/mol. The van der Waals surface area contributed by atoms with Crippen molar-refractivity contribution in [2.75, 3.05) is 0 Å². The Labute approximate surface area is 180 Å². The number of benzene rings is 1. The molecule has 0 aliphatic rings.